The van der Waals surface area contributed by atoms with E-state index in [1.54, 1.807) is 5.56 Å². The van der Waals surface area contributed by atoms with Crippen molar-refractivity contribution in [2.45, 2.75) is 19.0 Å². The minimum Gasteiger partial charge on any atom is -0.399 e. The van der Waals surface area contributed by atoms with E-state index in [1.807, 2.05) is 0 Å². The van der Waals surface area contributed by atoms with E-state index in [0.29, 0.717) is 5.92 Å². The second kappa shape index (κ2) is 3.22. The van der Waals surface area contributed by atoms with Crippen LogP contribution in [-0.4, -0.2) is 25.0 Å². The molecule has 3 nitrogen and oxygen atoms in total. The summed E-state index contributed by atoms with van der Waals surface area (Å²) in [5.74, 6) is 0.656. The fraction of sp³-hybridized carbons (Fsp3) is 0.500. The van der Waals surface area contributed by atoms with E-state index in [4.69, 9.17) is 5.73 Å². The maximum absolute atomic E-state index is 5.93. The molecule has 0 saturated heterocycles. The number of hydrogen-bond donors (Lipinski definition) is 2. The molecule has 2 heterocycles. The highest BCUT2D eigenvalue weighted by atomic mass is 15.1. The van der Waals surface area contributed by atoms with Crippen molar-refractivity contribution in [2.24, 2.45) is 0 Å². The maximum Gasteiger partial charge on any atom is 0.0320 e. The molecule has 2 aliphatic rings. The van der Waals surface area contributed by atoms with E-state index < -0.39 is 0 Å². The molecule has 0 saturated carbocycles. The first-order valence-corrected chi connectivity index (χ1v) is 5.54. The van der Waals surface area contributed by atoms with E-state index in [2.05, 4.69) is 29.4 Å². The van der Waals surface area contributed by atoms with Crippen LogP contribution in [0.15, 0.2) is 12.1 Å². The van der Waals surface area contributed by atoms with Crippen molar-refractivity contribution in [3.05, 3.63) is 28.8 Å². The molecule has 3 N–H and O–H groups in total. The van der Waals surface area contributed by atoms with Crippen molar-refractivity contribution in [3.63, 3.8) is 0 Å². The van der Waals surface area contributed by atoms with E-state index in [9.17, 15) is 0 Å². The average Bonchev–Trinajstić information content (AvgIpc) is 2.16. The number of benzene rings is 1. The van der Waals surface area contributed by atoms with Crippen LogP contribution in [0.2, 0.25) is 0 Å². The van der Waals surface area contributed by atoms with Crippen molar-refractivity contribution < 1.29 is 0 Å². The van der Waals surface area contributed by atoms with E-state index in [-0.39, 0.29) is 0 Å². The van der Waals surface area contributed by atoms with Gasteiger partial charge in [-0.25, -0.2) is 0 Å². The van der Waals surface area contributed by atoms with Crippen molar-refractivity contribution in [3.8, 4) is 0 Å². The van der Waals surface area contributed by atoms with Crippen molar-refractivity contribution >= 4 is 5.69 Å². The summed E-state index contributed by atoms with van der Waals surface area (Å²) in [6.07, 6.45) is 0. The van der Waals surface area contributed by atoms with Gasteiger partial charge in [-0.2, -0.15) is 0 Å². The zero-order valence-corrected chi connectivity index (χ0v) is 9.09. The summed E-state index contributed by atoms with van der Waals surface area (Å²) in [4.78, 5) is 2.38. The molecular formula is C12H17N3. The van der Waals surface area contributed by atoms with Crippen LogP contribution in [0.1, 0.15) is 22.6 Å². The molecule has 2 aliphatic heterocycles. The van der Waals surface area contributed by atoms with Crippen molar-refractivity contribution in [2.75, 3.05) is 25.9 Å². The van der Waals surface area contributed by atoms with Crippen LogP contribution >= 0.6 is 0 Å². The van der Waals surface area contributed by atoms with Gasteiger partial charge in [-0.1, -0.05) is 0 Å². The van der Waals surface area contributed by atoms with Gasteiger partial charge in [0.25, 0.3) is 0 Å². The number of likely N-dealkylation sites (N-methyl/N-ethyl adjacent to an activating group) is 1. The lowest BCUT2D eigenvalue weighted by molar-refractivity contribution is 0.269. The van der Waals surface area contributed by atoms with Crippen LogP contribution in [0.4, 0.5) is 5.69 Å². The third-order valence-corrected chi connectivity index (χ3v) is 3.46. The highest BCUT2D eigenvalue weighted by Crippen LogP contribution is 2.34. The quantitative estimate of drug-likeness (QED) is 0.616. The predicted molar refractivity (Wildman–Crippen MR) is 61.6 cm³/mol. The molecule has 15 heavy (non-hydrogen) atoms. The van der Waals surface area contributed by atoms with Crippen LogP contribution in [0.5, 0.6) is 0 Å². The van der Waals surface area contributed by atoms with Gasteiger partial charge in [-0.3, -0.25) is 0 Å². The smallest absolute Gasteiger partial charge is 0.0320 e. The molecular weight excluding hydrogens is 186 g/mol. The molecule has 0 radical (unpaired) electrons. The molecule has 0 aromatic heterocycles. The minimum atomic E-state index is 0.656. The molecule has 0 spiro atoms. The first kappa shape index (κ1) is 9.19. The van der Waals surface area contributed by atoms with E-state index >= 15 is 0 Å². The van der Waals surface area contributed by atoms with Crippen LogP contribution in [0.3, 0.4) is 0 Å². The number of nitrogens with zero attached hydrogens (tertiary/aromatic N) is 1. The lowest BCUT2D eigenvalue weighted by Crippen LogP contribution is -2.39. The summed E-state index contributed by atoms with van der Waals surface area (Å²) in [6, 6.07) is 4.27. The van der Waals surface area contributed by atoms with Gasteiger partial charge in [0, 0.05) is 37.8 Å². The molecule has 1 unspecified atom stereocenters. The summed E-state index contributed by atoms with van der Waals surface area (Å²) in [6.45, 7) is 4.29. The van der Waals surface area contributed by atoms with Gasteiger partial charge in [0.1, 0.15) is 0 Å². The lowest BCUT2D eigenvalue weighted by Gasteiger charge is -2.37. The number of nitrogens with two attached hydrogens (primary N) is 1. The highest BCUT2D eigenvalue weighted by molar-refractivity contribution is 5.52. The van der Waals surface area contributed by atoms with Crippen LogP contribution in [0.25, 0.3) is 0 Å². The first-order chi connectivity index (χ1) is 7.24. The summed E-state index contributed by atoms with van der Waals surface area (Å²) in [5, 5.41) is 3.47. The maximum atomic E-state index is 5.93. The average molecular weight is 203 g/mol. The fourth-order valence-electron chi connectivity index (χ4n) is 2.98. The van der Waals surface area contributed by atoms with E-state index in [0.717, 1.165) is 31.9 Å². The Morgan fingerprint density at radius 3 is 3.07 bits per heavy atom. The Bertz CT molecular complexity index is 400. The Kier molecular flexibility index (Phi) is 1.97. The molecule has 80 valence electrons. The topological polar surface area (TPSA) is 41.3 Å². The Labute approximate surface area is 90.3 Å². The Hall–Kier alpha value is -1.06. The first-order valence-electron chi connectivity index (χ1n) is 5.54. The van der Waals surface area contributed by atoms with Crippen molar-refractivity contribution in [1.29, 1.82) is 0 Å². The fourth-order valence-corrected chi connectivity index (χ4v) is 2.98. The molecule has 3 heteroatoms. The van der Waals surface area contributed by atoms with Crippen LogP contribution < -0.4 is 11.1 Å². The molecule has 0 aliphatic carbocycles. The Morgan fingerprint density at radius 1 is 1.40 bits per heavy atom. The number of nitrogens with one attached hydrogen (secondary N) is 1. The largest absolute Gasteiger partial charge is 0.399 e. The summed E-state index contributed by atoms with van der Waals surface area (Å²) >= 11 is 0. The zero-order chi connectivity index (χ0) is 10.4. The Balaban J connectivity index is 2.16. The monoisotopic (exact) mass is 203 g/mol. The zero-order valence-electron chi connectivity index (χ0n) is 9.09. The molecule has 0 bridgehead atoms. The van der Waals surface area contributed by atoms with Crippen LogP contribution in [-0.2, 0) is 13.1 Å². The minimum absolute atomic E-state index is 0.656. The molecule has 1 atom stereocenters. The van der Waals surface area contributed by atoms with Gasteiger partial charge in [-0.05, 0) is 35.9 Å². The predicted octanol–water partition coefficient (Wildman–Crippen LogP) is 0.901. The number of anilines is 1. The van der Waals surface area contributed by atoms with Gasteiger partial charge in [0.15, 0.2) is 0 Å². The second-order valence-corrected chi connectivity index (χ2v) is 4.78. The standard InChI is InChI=1S/C12H17N3/c1-15-6-9-3-11(13)2-8-4-14-5-10(7-15)12(8)9/h2-3,10,14H,4-7,13H2,1H3. The van der Waals surface area contributed by atoms with Gasteiger partial charge < -0.3 is 16.0 Å². The molecule has 3 rings (SSSR count). The van der Waals surface area contributed by atoms with Gasteiger partial charge in [-0.15, -0.1) is 0 Å². The van der Waals surface area contributed by atoms with Crippen LogP contribution in [0, 0.1) is 0 Å². The SMILES string of the molecule is CN1Cc2cc(N)cc3c2C(CNC3)C1. The van der Waals surface area contributed by atoms with Gasteiger partial charge >= 0.3 is 0 Å². The summed E-state index contributed by atoms with van der Waals surface area (Å²) in [7, 11) is 2.18. The van der Waals surface area contributed by atoms with E-state index in [1.165, 1.54) is 11.1 Å². The van der Waals surface area contributed by atoms with Gasteiger partial charge in [0.2, 0.25) is 0 Å². The molecule has 0 fully saturated rings. The van der Waals surface area contributed by atoms with Crippen molar-refractivity contribution in [1.82, 2.24) is 10.2 Å². The number of rotatable bonds is 0. The highest BCUT2D eigenvalue weighted by Gasteiger charge is 2.28. The Morgan fingerprint density at radius 2 is 2.20 bits per heavy atom. The summed E-state index contributed by atoms with van der Waals surface area (Å²) < 4.78 is 0. The normalized spacial score (nSPS) is 25.0. The third kappa shape index (κ3) is 1.43. The lowest BCUT2D eigenvalue weighted by atomic mass is 9.83. The summed E-state index contributed by atoms with van der Waals surface area (Å²) in [5.41, 5.74) is 11.2. The second-order valence-electron chi connectivity index (χ2n) is 4.78. The number of nitrogen functional groups attached to an aromatic ring is 1. The number of hydrogen-bond acceptors (Lipinski definition) is 3. The third-order valence-electron chi connectivity index (χ3n) is 3.46. The van der Waals surface area contributed by atoms with Gasteiger partial charge in [0.05, 0.1) is 0 Å². The molecule has 0 amide bonds. The molecule has 1 aromatic rings. The molecule has 1 aromatic carbocycles.